The minimum atomic E-state index is -0.353. The highest BCUT2D eigenvalue weighted by atomic mass is 35.5. The van der Waals surface area contributed by atoms with E-state index in [1.807, 2.05) is 4.90 Å². The van der Waals surface area contributed by atoms with Crippen LogP contribution in [0.15, 0.2) is 0 Å². The van der Waals surface area contributed by atoms with Gasteiger partial charge < -0.3 is 10.6 Å². The Kier molecular flexibility index (Phi) is 5.60. The molecule has 15 heavy (non-hydrogen) atoms. The van der Waals surface area contributed by atoms with E-state index in [-0.39, 0.29) is 24.4 Å². The van der Waals surface area contributed by atoms with Gasteiger partial charge in [0.05, 0.1) is 6.04 Å². The quantitative estimate of drug-likeness (QED) is 0.792. The summed E-state index contributed by atoms with van der Waals surface area (Å²) < 4.78 is 0. The Balaban J connectivity index is 0.00000196. The first-order chi connectivity index (χ1) is 6.48. The number of carbonyl (C=O) groups excluding carboxylic acids is 1. The zero-order valence-corrected chi connectivity index (χ0v) is 10.8. The lowest BCUT2D eigenvalue weighted by molar-refractivity contribution is -0.135. The molecule has 2 atom stereocenters. The van der Waals surface area contributed by atoms with E-state index in [2.05, 4.69) is 13.8 Å². The van der Waals surface area contributed by atoms with Gasteiger partial charge in [-0.05, 0) is 31.6 Å². The summed E-state index contributed by atoms with van der Waals surface area (Å²) in [6.07, 6.45) is 3.48. The van der Waals surface area contributed by atoms with Crippen molar-refractivity contribution in [3.05, 3.63) is 0 Å². The average molecular weight is 235 g/mol. The van der Waals surface area contributed by atoms with Gasteiger partial charge in [0, 0.05) is 13.1 Å². The van der Waals surface area contributed by atoms with E-state index in [1.54, 1.807) is 6.92 Å². The minimum absolute atomic E-state index is 0. The van der Waals surface area contributed by atoms with E-state index in [4.69, 9.17) is 5.73 Å². The zero-order valence-electron chi connectivity index (χ0n) is 9.95. The Morgan fingerprint density at radius 1 is 1.60 bits per heavy atom. The van der Waals surface area contributed by atoms with Crippen LogP contribution in [-0.2, 0) is 4.79 Å². The number of rotatable bonds is 2. The Morgan fingerprint density at radius 2 is 2.20 bits per heavy atom. The maximum atomic E-state index is 11.7. The molecule has 1 aliphatic heterocycles. The van der Waals surface area contributed by atoms with Crippen LogP contribution in [0.3, 0.4) is 0 Å². The summed E-state index contributed by atoms with van der Waals surface area (Å²) >= 11 is 0. The largest absolute Gasteiger partial charge is 0.341 e. The van der Waals surface area contributed by atoms with E-state index >= 15 is 0 Å². The van der Waals surface area contributed by atoms with E-state index in [1.165, 1.54) is 6.42 Å². The van der Waals surface area contributed by atoms with Crippen molar-refractivity contribution in [3.8, 4) is 0 Å². The fourth-order valence-electron chi connectivity index (χ4n) is 2.08. The van der Waals surface area contributed by atoms with Crippen LogP contribution in [0, 0.1) is 5.41 Å². The molecule has 0 bridgehead atoms. The van der Waals surface area contributed by atoms with Crippen molar-refractivity contribution in [3.63, 3.8) is 0 Å². The van der Waals surface area contributed by atoms with E-state index in [9.17, 15) is 4.79 Å². The molecule has 1 fully saturated rings. The summed E-state index contributed by atoms with van der Waals surface area (Å²) in [5.41, 5.74) is 5.91. The fraction of sp³-hybridized carbons (Fsp3) is 0.909. The van der Waals surface area contributed by atoms with Crippen LogP contribution >= 0.6 is 12.4 Å². The van der Waals surface area contributed by atoms with Gasteiger partial charge >= 0.3 is 0 Å². The van der Waals surface area contributed by atoms with Crippen molar-refractivity contribution in [1.82, 2.24) is 4.90 Å². The van der Waals surface area contributed by atoms with Crippen LogP contribution < -0.4 is 5.73 Å². The molecule has 0 saturated carbocycles. The molecule has 0 spiro atoms. The Morgan fingerprint density at radius 3 is 2.67 bits per heavy atom. The van der Waals surface area contributed by atoms with Crippen molar-refractivity contribution >= 4 is 18.3 Å². The Labute approximate surface area is 98.8 Å². The molecule has 0 aromatic rings. The molecule has 3 nitrogen and oxygen atoms in total. The monoisotopic (exact) mass is 234 g/mol. The van der Waals surface area contributed by atoms with E-state index in [0.29, 0.717) is 5.41 Å². The lowest BCUT2D eigenvalue weighted by Gasteiger charge is -2.40. The van der Waals surface area contributed by atoms with Crippen LogP contribution in [0.4, 0.5) is 0 Å². The summed E-state index contributed by atoms with van der Waals surface area (Å²) in [6, 6.07) is -0.353. The number of hydrogen-bond acceptors (Lipinski definition) is 2. The first-order valence-electron chi connectivity index (χ1n) is 5.53. The SMILES string of the molecule is CCC1(C)CCCN(C(=O)[C@@H](C)N)C1.Cl. The van der Waals surface area contributed by atoms with Crippen LogP contribution in [0.2, 0.25) is 0 Å². The molecule has 1 amide bonds. The first kappa shape index (κ1) is 14.7. The molecule has 4 heteroatoms. The topological polar surface area (TPSA) is 46.3 Å². The van der Waals surface area contributed by atoms with Gasteiger partial charge in [-0.1, -0.05) is 13.8 Å². The lowest BCUT2D eigenvalue weighted by Crippen LogP contribution is -2.49. The second-order valence-electron chi connectivity index (χ2n) is 4.82. The van der Waals surface area contributed by atoms with Gasteiger partial charge in [-0.15, -0.1) is 12.4 Å². The molecular formula is C11H23ClN2O. The third-order valence-electron chi connectivity index (χ3n) is 3.34. The molecule has 1 saturated heterocycles. The van der Waals surface area contributed by atoms with Crippen LogP contribution in [0.5, 0.6) is 0 Å². The summed E-state index contributed by atoms with van der Waals surface area (Å²) in [4.78, 5) is 13.6. The fourth-order valence-corrected chi connectivity index (χ4v) is 2.08. The first-order valence-corrected chi connectivity index (χ1v) is 5.53. The molecule has 1 unspecified atom stereocenters. The summed E-state index contributed by atoms with van der Waals surface area (Å²) in [7, 11) is 0. The highest BCUT2D eigenvalue weighted by Crippen LogP contribution is 2.32. The van der Waals surface area contributed by atoms with Crippen molar-refractivity contribution < 1.29 is 4.79 Å². The minimum Gasteiger partial charge on any atom is -0.341 e. The van der Waals surface area contributed by atoms with Crippen LogP contribution in [0.1, 0.15) is 40.0 Å². The molecule has 2 N–H and O–H groups in total. The molecule has 0 aliphatic carbocycles. The van der Waals surface area contributed by atoms with Gasteiger partial charge in [0.2, 0.25) is 5.91 Å². The number of piperidine rings is 1. The third kappa shape index (κ3) is 3.65. The summed E-state index contributed by atoms with van der Waals surface area (Å²) in [5, 5.41) is 0. The maximum Gasteiger partial charge on any atom is 0.239 e. The van der Waals surface area contributed by atoms with Crippen molar-refractivity contribution in [2.75, 3.05) is 13.1 Å². The van der Waals surface area contributed by atoms with Gasteiger partial charge in [0.25, 0.3) is 0 Å². The number of carbonyl (C=O) groups is 1. The molecular weight excluding hydrogens is 212 g/mol. The molecule has 90 valence electrons. The van der Waals surface area contributed by atoms with Gasteiger partial charge in [-0.3, -0.25) is 4.79 Å². The Hall–Kier alpha value is -0.280. The standard InChI is InChI=1S/C11H22N2O.ClH/c1-4-11(3)6-5-7-13(8-11)10(14)9(2)12;/h9H,4-8,12H2,1-3H3;1H/t9-,11?;/m1./s1. The number of nitrogens with two attached hydrogens (primary N) is 1. The second-order valence-corrected chi connectivity index (χ2v) is 4.82. The third-order valence-corrected chi connectivity index (χ3v) is 3.34. The Bertz CT molecular complexity index is 221. The van der Waals surface area contributed by atoms with Gasteiger partial charge in [0.1, 0.15) is 0 Å². The van der Waals surface area contributed by atoms with Crippen molar-refractivity contribution in [2.45, 2.75) is 46.1 Å². The molecule has 1 rings (SSSR count). The van der Waals surface area contributed by atoms with Crippen molar-refractivity contribution in [2.24, 2.45) is 11.1 Å². The highest BCUT2D eigenvalue weighted by Gasteiger charge is 2.32. The smallest absolute Gasteiger partial charge is 0.239 e. The second kappa shape index (κ2) is 5.71. The van der Waals surface area contributed by atoms with Crippen molar-refractivity contribution in [1.29, 1.82) is 0 Å². The zero-order chi connectivity index (χ0) is 10.8. The van der Waals surface area contributed by atoms with Gasteiger partial charge in [-0.25, -0.2) is 0 Å². The molecule has 0 radical (unpaired) electrons. The lowest BCUT2D eigenvalue weighted by atomic mass is 9.79. The predicted molar refractivity (Wildman–Crippen MR) is 65.1 cm³/mol. The maximum absolute atomic E-state index is 11.7. The van der Waals surface area contributed by atoms with Gasteiger partial charge in [-0.2, -0.15) is 0 Å². The molecule has 1 aliphatic rings. The normalized spacial score (nSPS) is 28.1. The number of nitrogens with zero attached hydrogens (tertiary/aromatic N) is 1. The average Bonchev–Trinajstić information content (AvgIpc) is 2.16. The van der Waals surface area contributed by atoms with Crippen LogP contribution in [0.25, 0.3) is 0 Å². The number of amides is 1. The molecule has 0 aromatic carbocycles. The molecule has 1 heterocycles. The molecule has 0 aromatic heterocycles. The summed E-state index contributed by atoms with van der Waals surface area (Å²) in [5.74, 6) is 0.101. The van der Waals surface area contributed by atoms with Crippen LogP contribution in [-0.4, -0.2) is 29.9 Å². The van der Waals surface area contributed by atoms with E-state index in [0.717, 1.165) is 25.9 Å². The predicted octanol–water partition coefficient (Wildman–Crippen LogP) is 1.79. The van der Waals surface area contributed by atoms with Gasteiger partial charge in [0.15, 0.2) is 0 Å². The number of hydrogen-bond donors (Lipinski definition) is 1. The number of likely N-dealkylation sites (tertiary alicyclic amines) is 1. The summed E-state index contributed by atoms with van der Waals surface area (Å²) in [6.45, 7) is 7.98. The van der Waals surface area contributed by atoms with E-state index < -0.39 is 0 Å². The number of halogens is 1. The highest BCUT2D eigenvalue weighted by molar-refractivity contribution is 5.85.